The number of amides is 1. The van der Waals surface area contributed by atoms with Gasteiger partial charge < -0.3 is 10.1 Å². The number of amidine groups is 1. The summed E-state index contributed by atoms with van der Waals surface area (Å²) in [5.41, 5.74) is 4.93. The molecule has 0 saturated carbocycles. The molecule has 0 bridgehead atoms. The van der Waals surface area contributed by atoms with Gasteiger partial charge in [-0.1, -0.05) is 42.0 Å². The van der Waals surface area contributed by atoms with E-state index in [-0.39, 0.29) is 5.91 Å². The average molecular weight is 334 g/mol. The van der Waals surface area contributed by atoms with Crippen molar-refractivity contribution in [1.82, 2.24) is 5.32 Å². The highest BCUT2D eigenvalue weighted by atomic mass is 16.5. The van der Waals surface area contributed by atoms with Gasteiger partial charge >= 0.3 is 0 Å². The van der Waals surface area contributed by atoms with Crippen LogP contribution in [0.25, 0.3) is 6.08 Å². The minimum absolute atomic E-state index is 0.144. The smallest absolute Gasteiger partial charge is 0.275 e. The molecule has 0 saturated heterocycles. The van der Waals surface area contributed by atoms with E-state index < -0.39 is 0 Å². The molecule has 1 amide bonds. The monoisotopic (exact) mass is 334 g/mol. The van der Waals surface area contributed by atoms with Gasteiger partial charge in [0.15, 0.2) is 0 Å². The summed E-state index contributed by atoms with van der Waals surface area (Å²) in [6.45, 7) is 4.10. The van der Waals surface area contributed by atoms with Crippen molar-refractivity contribution in [3.05, 3.63) is 70.4 Å². The Morgan fingerprint density at radius 3 is 2.68 bits per heavy atom. The van der Waals surface area contributed by atoms with E-state index in [1.54, 1.807) is 7.11 Å². The number of nitrogens with one attached hydrogen (secondary N) is 1. The normalized spacial score (nSPS) is 15.2. The number of nitrogens with zero attached hydrogens (tertiary/aromatic N) is 1. The van der Waals surface area contributed by atoms with Crippen molar-refractivity contribution in [3.8, 4) is 5.75 Å². The lowest BCUT2D eigenvalue weighted by Crippen LogP contribution is -2.24. The number of ether oxygens (including phenoxy) is 1. The van der Waals surface area contributed by atoms with Gasteiger partial charge in [0.1, 0.15) is 17.3 Å². The van der Waals surface area contributed by atoms with Gasteiger partial charge in [0.25, 0.3) is 5.91 Å². The van der Waals surface area contributed by atoms with Crippen LogP contribution in [0, 0.1) is 13.8 Å². The summed E-state index contributed by atoms with van der Waals surface area (Å²) in [4.78, 5) is 16.7. The van der Waals surface area contributed by atoms with Crippen molar-refractivity contribution in [2.45, 2.75) is 26.7 Å². The molecule has 1 heterocycles. The number of rotatable bonds is 5. The third-order valence-electron chi connectivity index (χ3n) is 4.29. The Labute approximate surface area is 148 Å². The zero-order chi connectivity index (χ0) is 17.8. The first-order chi connectivity index (χ1) is 12.1. The minimum atomic E-state index is -0.144. The van der Waals surface area contributed by atoms with Gasteiger partial charge in [0.2, 0.25) is 0 Å². The molecule has 128 valence electrons. The van der Waals surface area contributed by atoms with Gasteiger partial charge in [-0.05, 0) is 49.1 Å². The summed E-state index contributed by atoms with van der Waals surface area (Å²) in [7, 11) is 1.67. The first-order valence-corrected chi connectivity index (χ1v) is 8.36. The van der Waals surface area contributed by atoms with E-state index in [0.717, 1.165) is 28.9 Å². The summed E-state index contributed by atoms with van der Waals surface area (Å²) in [6, 6.07) is 14.1. The lowest BCUT2D eigenvalue weighted by molar-refractivity contribution is -0.115. The highest BCUT2D eigenvalue weighted by Gasteiger charge is 2.20. The van der Waals surface area contributed by atoms with Gasteiger partial charge in [-0.2, -0.15) is 0 Å². The van der Waals surface area contributed by atoms with Gasteiger partial charge in [0.05, 0.1) is 7.11 Å². The Balaban J connectivity index is 1.75. The number of aryl methyl sites for hydroxylation is 3. The molecule has 4 heteroatoms. The molecule has 4 nitrogen and oxygen atoms in total. The van der Waals surface area contributed by atoms with Crippen LogP contribution in [0.1, 0.15) is 28.7 Å². The van der Waals surface area contributed by atoms with E-state index in [4.69, 9.17) is 4.74 Å². The molecule has 0 aliphatic carbocycles. The van der Waals surface area contributed by atoms with Crippen molar-refractivity contribution in [2.75, 3.05) is 7.11 Å². The SMILES string of the molecule is COc1ccccc1CCC1=N/C(=C\c2ccc(C)cc2C)C(=O)N1. The van der Waals surface area contributed by atoms with Gasteiger partial charge in [-0.25, -0.2) is 4.99 Å². The van der Waals surface area contributed by atoms with Crippen LogP contribution in [0.5, 0.6) is 5.75 Å². The van der Waals surface area contributed by atoms with Crippen LogP contribution in [0.2, 0.25) is 0 Å². The maximum atomic E-state index is 12.2. The Kier molecular flexibility index (Phi) is 4.98. The van der Waals surface area contributed by atoms with Gasteiger partial charge in [-0.3, -0.25) is 4.79 Å². The number of carbonyl (C=O) groups excluding carboxylic acids is 1. The Morgan fingerprint density at radius 1 is 1.12 bits per heavy atom. The van der Waals surface area contributed by atoms with Crippen LogP contribution < -0.4 is 10.1 Å². The first kappa shape index (κ1) is 17.0. The van der Waals surface area contributed by atoms with Crippen LogP contribution in [0.15, 0.2) is 53.2 Å². The minimum Gasteiger partial charge on any atom is -0.496 e. The molecule has 0 spiro atoms. The molecule has 0 unspecified atom stereocenters. The van der Waals surface area contributed by atoms with Gasteiger partial charge in [-0.15, -0.1) is 0 Å². The molecule has 25 heavy (non-hydrogen) atoms. The fraction of sp³-hybridized carbons (Fsp3) is 0.238. The fourth-order valence-corrected chi connectivity index (χ4v) is 2.93. The summed E-state index contributed by atoms with van der Waals surface area (Å²) < 4.78 is 5.37. The maximum absolute atomic E-state index is 12.2. The molecule has 0 fully saturated rings. The molecule has 2 aromatic carbocycles. The zero-order valence-electron chi connectivity index (χ0n) is 14.8. The summed E-state index contributed by atoms with van der Waals surface area (Å²) in [5.74, 6) is 1.42. The number of benzene rings is 2. The number of carbonyl (C=O) groups is 1. The van der Waals surface area contributed by atoms with Crippen LogP contribution in [-0.2, 0) is 11.2 Å². The van der Waals surface area contributed by atoms with Crippen LogP contribution >= 0.6 is 0 Å². The molecule has 1 aliphatic rings. The molecular weight excluding hydrogens is 312 g/mol. The van der Waals surface area contributed by atoms with Crippen molar-refractivity contribution < 1.29 is 9.53 Å². The molecule has 2 aromatic rings. The van der Waals surface area contributed by atoms with Crippen molar-refractivity contribution >= 4 is 17.8 Å². The topological polar surface area (TPSA) is 50.7 Å². The summed E-state index contributed by atoms with van der Waals surface area (Å²) in [6.07, 6.45) is 3.27. The van der Waals surface area contributed by atoms with Crippen LogP contribution in [0.4, 0.5) is 0 Å². The fourth-order valence-electron chi connectivity index (χ4n) is 2.93. The van der Waals surface area contributed by atoms with E-state index in [1.807, 2.05) is 49.4 Å². The summed E-state index contributed by atoms with van der Waals surface area (Å²) >= 11 is 0. The zero-order valence-corrected chi connectivity index (χ0v) is 14.8. The predicted molar refractivity (Wildman–Crippen MR) is 101 cm³/mol. The van der Waals surface area contributed by atoms with Crippen LogP contribution in [0.3, 0.4) is 0 Å². The average Bonchev–Trinajstić information content (AvgIpc) is 2.95. The molecule has 1 N–H and O–H groups in total. The highest BCUT2D eigenvalue weighted by Crippen LogP contribution is 2.21. The third-order valence-corrected chi connectivity index (χ3v) is 4.29. The number of hydrogen-bond acceptors (Lipinski definition) is 3. The molecule has 0 atom stereocenters. The molecule has 3 rings (SSSR count). The lowest BCUT2D eigenvalue weighted by Gasteiger charge is -2.07. The van der Waals surface area contributed by atoms with Crippen molar-refractivity contribution in [2.24, 2.45) is 4.99 Å². The van der Waals surface area contributed by atoms with Gasteiger partial charge in [0, 0.05) is 6.42 Å². The van der Waals surface area contributed by atoms with Crippen molar-refractivity contribution in [1.29, 1.82) is 0 Å². The van der Waals surface area contributed by atoms with E-state index in [2.05, 4.69) is 23.3 Å². The van der Waals surface area contributed by atoms with E-state index in [1.165, 1.54) is 5.56 Å². The second-order valence-corrected chi connectivity index (χ2v) is 6.21. The second-order valence-electron chi connectivity index (χ2n) is 6.21. The lowest BCUT2D eigenvalue weighted by atomic mass is 10.0. The van der Waals surface area contributed by atoms with E-state index in [0.29, 0.717) is 18.0 Å². The Hall–Kier alpha value is -2.88. The first-order valence-electron chi connectivity index (χ1n) is 8.36. The molecule has 0 aromatic heterocycles. The number of hydrogen-bond donors (Lipinski definition) is 1. The summed E-state index contributed by atoms with van der Waals surface area (Å²) in [5, 5.41) is 2.86. The van der Waals surface area contributed by atoms with Crippen molar-refractivity contribution in [3.63, 3.8) is 0 Å². The largest absolute Gasteiger partial charge is 0.496 e. The Bertz CT molecular complexity index is 866. The maximum Gasteiger partial charge on any atom is 0.275 e. The molecular formula is C21H22N2O2. The third kappa shape index (κ3) is 3.97. The molecule has 1 aliphatic heterocycles. The number of methoxy groups -OCH3 is 1. The molecule has 0 radical (unpaired) electrons. The van der Waals surface area contributed by atoms with E-state index >= 15 is 0 Å². The standard InChI is InChI=1S/C21H22N2O2/c1-14-8-9-17(15(2)12-14)13-18-21(24)23-20(22-18)11-10-16-6-4-5-7-19(16)25-3/h4-9,12-13H,10-11H2,1-3H3,(H,22,23,24)/b18-13-. The van der Waals surface area contributed by atoms with E-state index in [9.17, 15) is 4.79 Å². The second kappa shape index (κ2) is 7.34. The number of para-hydroxylation sites is 1. The number of aliphatic imine (C=N–C) groups is 1. The van der Waals surface area contributed by atoms with Crippen LogP contribution in [-0.4, -0.2) is 18.9 Å². The Morgan fingerprint density at radius 2 is 1.92 bits per heavy atom. The highest BCUT2D eigenvalue weighted by molar-refractivity contribution is 6.14. The predicted octanol–water partition coefficient (Wildman–Crippen LogP) is 3.81. The quantitative estimate of drug-likeness (QED) is 0.845.